The first kappa shape index (κ1) is 21.4. The molecule has 3 N–H and O–H groups in total. The van der Waals surface area contributed by atoms with Gasteiger partial charge in [-0.1, -0.05) is 42.5 Å². The first-order valence-electron chi connectivity index (χ1n) is 9.09. The van der Waals surface area contributed by atoms with Crippen LogP contribution >= 0.6 is 0 Å². The summed E-state index contributed by atoms with van der Waals surface area (Å²) in [6.07, 6.45) is 2.77. The lowest BCUT2D eigenvalue weighted by molar-refractivity contribution is -0.159. The zero-order chi connectivity index (χ0) is 20.2. The second-order valence-corrected chi connectivity index (χ2v) is 6.29. The third-order valence-electron chi connectivity index (χ3n) is 4.08. The third kappa shape index (κ3) is 8.20. The van der Waals surface area contributed by atoms with Crippen molar-refractivity contribution in [2.75, 3.05) is 13.2 Å². The topological polar surface area (TPSA) is 105 Å². The van der Waals surface area contributed by atoms with E-state index < -0.39 is 11.9 Å². The summed E-state index contributed by atoms with van der Waals surface area (Å²) in [5.74, 6) is -2.74. The minimum absolute atomic E-state index is 0.397. The van der Waals surface area contributed by atoms with Crippen LogP contribution in [0.2, 0.25) is 0 Å². The molecule has 0 aromatic heterocycles. The Bertz CT molecular complexity index is 714. The first-order chi connectivity index (χ1) is 13.5. The number of carbonyl (C=O) groups is 2. The van der Waals surface area contributed by atoms with Crippen molar-refractivity contribution in [3.8, 4) is 5.75 Å². The van der Waals surface area contributed by atoms with Gasteiger partial charge in [-0.3, -0.25) is 0 Å². The summed E-state index contributed by atoms with van der Waals surface area (Å²) in [6.45, 7) is 3.34. The maximum atomic E-state index is 9.10. The molecule has 0 aliphatic carbocycles. The molecule has 1 aliphatic heterocycles. The number of benzene rings is 2. The smallest absolute Gasteiger partial charge is 0.414 e. The van der Waals surface area contributed by atoms with E-state index in [0.717, 1.165) is 25.4 Å². The van der Waals surface area contributed by atoms with Crippen LogP contribution in [0, 0.1) is 0 Å². The van der Waals surface area contributed by atoms with Gasteiger partial charge >= 0.3 is 11.9 Å². The fourth-order valence-electron chi connectivity index (χ4n) is 2.63. The quantitative estimate of drug-likeness (QED) is 0.627. The van der Waals surface area contributed by atoms with Crippen molar-refractivity contribution < 1.29 is 29.3 Å². The van der Waals surface area contributed by atoms with Gasteiger partial charge in [0.05, 0.1) is 6.10 Å². The van der Waals surface area contributed by atoms with E-state index in [4.69, 9.17) is 29.3 Å². The number of carboxylic acid groups (broad SMARTS) is 2. The summed E-state index contributed by atoms with van der Waals surface area (Å²) in [7, 11) is 0. The van der Waals surface area contributed by atoms with Crippen LogP contribution < -0.4 is 10.1 Å². The molecule has 7 nitrogen and oxygen atoms in total. The molecule has 0 saturated carbocycles. The summed E-state index contributed by atoms with van der Waals surface area (Å²) in [5, 5.41) is 18.2. The van der Waals surface area contributed by atoms with Gasteiger partial charge in [-0.2, -0.15) is 0 Å². The molecule has 150 valence electrons. The number of hydrogen-bond donors (Lipinski definition) is 3. The summed E-state index contributed by atoms with van der Waals surface area (Å²) < 4.78 is 11.4. The van der Waals surface area contributed by atoms with Gasteiger partial charge in [-0.05, 0) is 36.1 Å². The summed E-state index contributed by atoms with van der Waals surface area (Å²) in [4.78, 5) is 18.2. The van der Waals surface area contributed by atoms with Crippen molar-refractivity contribution >= 4 is 11.9 Å². The monoisotopic (exact) mass is 387 g/mol. The van der Waals surface area contributed by atoms with E-state index in [2.05, 4.69) is 29.6 Å². The fourth-order valence-corrected chi connectivity index (χ4v) is 2.63. The van der Waals surface area contributed by atoms with Crippen LogP contribution in [0.4, 0.5) is 0 Å². The molecule has 28 heavy (non-hydrogen) atoms. The highest BCUT2D eigenvalue weighted by Gasteiger charge is 2.14. The molecule has 3 rings (SSSR count). The zero-order valence-corrected chi connectivity index (χ0v) is 15.5. The zero-order valence-electron chi connectivity index (χ0n) is 15.5. The van der Waals surface area contributed by atoms with Crippen LogP contribution in [0.1, 0.15) is 24.0 Å². The highest BCUT2D eigenvalue weighted by atomic mass is 16.5. The summed E-state index contributed by atoms with van der Waals surface area (Å²) >= 11 is 0. The molecule has 0 spiro atoms. The van der Waals surface area contributed by atoms with E-state index >= 15 is 0 Å². The SMILES string of the molecule is O=C(O)C(=O)O.c1ccc(COc2ccc(CNCC3CCCO3)cc2)cc1. The molecule has 1 unspecified atom stereocenters. The molecule has 7 heteroatoms. The lowest BCUT2D eigenvalue weighted by Crippen LogP contribution is -2.25. The van der Waals surface area contributed by atoms with Crippen LogP contribution in [0.3, 0.4) is 0 Å². The predicted molar refractivity (Wildman–Crippen MR) is 103 cm³/mol. The molecular weight excluding hydrogens is 362 g/mol. The predicted octanol–water partition coefficient (Wildman–Crippen LogP) is 2.69. The number of ether oxygens (including phenoxy) is 2. The Morgan fingerprint density at radius 3 is 2.25 bits per heavy atom. The van der Waals surface area contributed by atoms with E-state index in [0.29, 0.717) is 12.7 Å². The second-order valence-electron chi connectivity index (χ2n) is 6.29. The maximum absolute atomic E-state index is 9.10. The average molecular weight is 387 g/mol. The highest BCUT2D eigenvalue weighted by molar-refractivity contribution is 6.27. The van der Waals surface area contributed by atoms with Gasteiger partial charge in [-0.25, -0.2) is 9.59 Å². The Balaban J connectivity index is 0.000000409. The molecule has 0 amide bonds. The van der Waals surface area contributed by atoms with Crippen LogP contribution in [0.25, 0.3) is 0 Å². The molecule has 0 radical (unpaired) electrons. The molecule has 2 aromatic carbocycles. The van der Waals surface area contributed by atoms with Crippen LogP contribution in [0.5, 0.6) is 5.75 Å². The molecule has 1 atom stereocenters. The van der Waals surface area contributed by atoms with Crippen molar-refractivity contribution in [3.05, 3.63) is 65.7 Å². The number of aliphatic carboxylic acids is 2. The number of nitrogens with one attached hydrogen (secondary N) is 1. The van der Waals surface area contributed by atoms with Gasteiger partial charge in [0.25, 0.3) is 0 Å². The van der Waals surface area contributed by atoms with E-state index in [1.807, 2.05) is 30.3 Å². The van der Waals surface area contributed by atoms with Crippen molar-refractivity contribution in [1.82, 2.24) is 5.32 Å². The van der Waals surface area contributed by atoms with Gasteiger partial charge in [0.1, 0.15) is 12.4 Å². The first-order valence-corrected chi connectivity index (χ1v) is 9.09. The van der Waals surface area contributed by atoms with E-state index in [1.54, 1.807) is 0 Å². The highest BCUT2D eigenvalue weighted by Crippen LogP contribution is 2.15. The van der Waals surface area contributed by atoms with Gasteiger partial charge < -0.3 is 25.0 Å². The van der Waals surface area contributed by atoms with Crippen LogP contribution in [-0.2, 0) is 27.5 Å². The van der Waals surface area contributed by atoms with Crippen molar-refractivity contribution in [1.29, 1.82) is 0 Å². The molecular formula is C21H25NO6. The molecule has 1 heterocycles. The number of rotatable bonds is 7. The normalized spacial score (nSPS) is 15.4. The van der Waals surface area contributed by atoms with Crippen LogP contribution in [-0.4, -0.2) is 41.4 Å². The lowest BCUT2D eigenvalue weighted by Gasteiger charge is -2.11. The van der Waals surface area contributed by atoms with Crippen molar-refractivity contribution in [2.24, 2.45) is 0 Å². The molecule has 2 aromatic rings. The fraction of sp³-hybridized carbons (Fsp3) is 0.333. The van der Waals surface area contributed by atoms with Gasteiger partial charge in [0.15, 0.2) is 0 Å². The molecule has 1 aliphatic rings. The minimum Gasteiger partial charge on any atom is -0.489 e. The number of hydrogen-bond acceptors (Lipinski definition) is 5. The van der Waals surface area contributed by atoms with Gasteiger partial charge in [-0.15, -0.1) is 0 Å². The molecule has 1 saturated heterocycles. The Kier molecular flexibility index (Phi) is 8.97. The standard InChI is InChI=1S/C19H23NO2.C2H2O4/c1-2-5-17(6-3-1)15-22-18-10-8-16(9-11-18)13-20-14-19-7-4-12-21-19;3-1(4)2(5)6/h1-3,5-6,8-11,19-20H,4,7,12-15H2;(H,3,4)(H,5,6). The Hall–Kier alpha value is -2.90. The minimum atomic E-state index is -1.82. The molecule has 0 bridgehead atoms. The summed E-state index contributed by atoms with van der Waals surface area (Å²) in [6, 6.07) is 18.5. The van der Waals surface area contributed by atoms with E-state index in [1.165, 1.54) is 24.0 Å². The van der Waals surface area contributed by atoms with Gasteiger partial charge in [0.2, 0.25) is 0 Å². The van der Waals surface area contributed by atoms with Gasteiger partial charge in [0, 0.05) is 19.7 Å². The largest absolute Gasteiger partial charge is 0.489 e. The lowest BCUT2D eigenvalue weighted by atomic mass is 10.2. The maximum Gasteiger partial charge on any atom is 0.414 e. The number of carboxylic acids is 2. The average Bonchev–Trinajstić information content (AvgIpc) is 3.22. The Morgan fingerprint density at radius 1 is 1.00 bits per heavy atom. The summed E-state index contributed by atoms with van der Waals surface area (Å²) in [5.41, 5.74) is 2.45. The van der Waals surface area contributed by atoms with Crippen molar-refractivity contribution in [3.63, 3.8) is 0 Å². The van der Waals surface area contributed by atoms with Crippen LogP contribution in [0.15, 0.2) is 54.6 Å². The second kappa shape index (κ2) is 11.7. The van der Waals surface area contributed by atoms with E-state index in [-0.39, 0.29) is 0 Å². The van der Waals surface area contributed by atoms with E-state index in [9.17, 15) is 0 Å². The Labute approximate surface area is 163 Å². The third-order valence-corrected chi connectivity index (χ3v) is 4.08. The van der Waals surface area contributed by atoms with Crippen molar-refractivity contribution in [2.45, 2.75) is 32.1 Å². The molecule has 1 fully saturated rings. The Morgan fingerprint density at radius 2 is 1.68 bits per heavy atom.